The minimum Gasteiger partial charge on any atom is -0.328 e. The third kappa shape index (κ3) is 4.79. The van der Waals surface area contributed by atoms with E-state index < -0.39 is 0 Å². The molecular formula is C16H28N2. The van der Waals surface area contributed by atoms with Gasteiger partial charge in [0.2, 0.25) is 0 Å². The Kier molecular flexibility index (Phi) is 5.83. The molecule has 0 aliphatic rings. The Labute approximate surface area is 112 Å². The largest absolute Gasteiger partial charge is 0.328 e. The molecule has 18 heavy (non-hydrogen) atoms. The maximum absolute atomic E-state index is 5.79. The van der Waals surface area contributed by atoms with Crippen LogP contribution in [-0.4, -0.2) is 31.1 Å². The minimum absolute atomic E-state index is 0.301. The first-order valence-electron chi connectivity index (χ1n) is 6.91. The van der Waals surface area contributed by atoms with Crippen LogP contribution < -0.4 is 5.73 Å². The van der Waals surface area contributed by atoms with Gasteiger partial charge in [-0.1, -0.05) is 17.7 Å². The third-order valence-corrected chi connectivity index (χ3v) is 3.55. The highest BCUT2D eigenvalue weighted by molar-refractivity contribution is 5.37. The number of aryl methyl sites for hydroxylation is 3. The molecule has 0 saturated carbocycles. The van der Waals surface area contributed by atoms with E-state index >= 15 is 0 Å². The number of nitrogens with zero attached hydrogens (tertiary/aromatic N) is 1. The van der Waals surface area contributed by atoms with Gasteiger partial charge in [0.15, 0.2) is 0 Å². The normalized spacial score (nSPS) is 13.1. The molecule has 0 fully saturated rings. The maximum Gasteiger partial charge on any atom is 0.00226 e. The van der Waals surface area contributed by atoms with Gasteiger partial charge in [-0.15, -0.1) is 0 Å². The van der Waals surface area contributed by atoms with Crippen molar-refractivity contribution >= 4 is 0 Å². The molecule has 0 aliphatic carbocycles. The van der Waals surface area contributed by atoms with Crippen LogP contribution >= 0.6 is 0 Å². The number of hydrogen-bond acceptors (Lipinski definition) is 2. The molecule has 0 aliphatic heterocycles. The van der Waals surface area contributed by atoms with Crippen LogP contribution in [0, 0.1) is 20.8 Å². The molecule has 2 N–H and O–H groups in total. The van der Waals surface area contributed by atoms with Gasteiger partial charge >= 0.3 is 0 Å². The van der Waals surface area contributed by atoms with E-state index in [0.29, 0.717) is 6.04 Å². The predicted octanol–water partition coefficient (Wildman–Crippen LogP) is 2.82. The molecule has 0 heterocycles. The van der Waals surface area contributed by atoms with E-state index in [0.717, 1.165) is 25.9 Å². The van der Waals surface area contributed by atoms with E-state index in [1.807, 2.05) is 0 Å². The van der Waals surface area contributed by atoms with E-state index in [9.17, 15) is 0 Å². The standard InChI is InChI=1S/C16H28N2/c1-12-10-13(2)16(14(3)11-12)7-9-18(5)8-6-15(4)17/h10-11,15H,6-9,17H2,1-5H3. The number of rotatable bonds is 6. The summed E-state index contributed by atoms with van der Waals surface area (Å²) in [4.78, 5) is 2.38. The second-order valence-corrected chi connectivity index (χ2v) is 5.70. The third-order valence-electron chi connectivity index (χ3n) is 3.55. The molecule has 0 aromatic heterocycles. The minimum atomic E-state index is 0.301. The topological polar surface area (TPSA) is 29.3 Å². The van der Waals surface area contributed by atoms with E-state index in [1.54, 1.807) is 0 Å². The summed E-state index contributed by atoms with van der Waals surface area (Å²) in [6.45, 7) is 10.9. The van der Waals surface area contributed by atoms with Crippen molar-refractivity contribution < 1.29 is 0 Å². The molecule has 102 valence electrons. The Morgan fingerprint density at radius 2 is 1.67 bits per heavy atom. The van der Waals surface area contributed by atoms with Gasteiger partial charge in [-0.25, -0.2) is 0 Å². The van der Waals surface area contributed by atoms with E-state index in [2.05, 4.69) is 51.8 Å². The molecule has 2 heteroatoms. The van der Waals surface area contributed by atoms with Gasteiger partial charge in [-0.3, -0.25) is 0 Å². The summed E-state index contributed by atoms with van der Waals surface area (Å²) in [5.41, 5.74) is 11.5. The van der Waals surface area contributed by atoms with Crippen LogP contribution in [0.3, 0.4) is 0 Å². The molecule has 0 radical (unpaired) electrons. The number of likely N-dealkylation sites (N-methyl/N-ethyl adjacent to an activating group) is 1. The molecule has 0 amide bonds. The molecule has 1 aromatic rings. The van der Waals surface area contributed by atoms with Crippen LogP contribution in [-0.2, 0) is 6.42 Å². The van der Waals surface area contributed by atoms with Gasteiger partial charge in [-0.2, -0.15) is 0 Å². The Morgan fingerprint density at radius 1 is 1.11 bits per heavy atom. The Bertz CT molecular complexity index is 360. The summed E-state index contributed by atoms with van der Waals surface area (Å²) in [5.74, 6) is 0. The smallest absolute Gasteiger partial charge is 0.00226 e. The SMILES string of the molecule is Cc1cc(C)c(CCN(C)CCC(C)N)c(C)c1. The zero-order valence-electron chi connectivity index (χ0n) is 12.6. The van der Waals surface area contributed by atoms with Gasteiger partial charge in [0, 0.05) is 12.6 Å². The average molecular weight is 248 g/mol. The van der Waals surface area contributed by atoms with Crippen molar-refractivity contribution in [2.75, 3.05) is 20.1 Å². The Balaban J connectivity index is 2.53. The van der Waals surface area contributed by atoms with Crippen molar-refractivity contribution in [2.45, 2.75) is 46.6 Å². The zero-order valence-corrected chi connectivity index (χ0v) is 12.6. The molecule has 1 unspecified atom stereocenters. The molecule has 1 rings (SSSR count). The van der Waals surface area contributed by atoms with Crippen molar-refractivity contribution in [1.82, 2.24) is 4.90 Å². The fraction of sp³-hybridized carbons (Fsp3) is 0.625. The maximum atomic E-state index is 5.79. The van der Waals surface area contributed by atoms with Crippen molar-refractivity contribution in [2.24, 2.45) is 5.73 Å². The van der Waals surface area contributed by atoms with Crippen molar-refractivity contribution in [3.8, 4) is 0 Å². The monoisotopic (exact) mass is 248 g/mol. The van der Waals surface area contributed by atoms with E-state index in [1.165, 1.54) is 22.3 Å². The van der Waals surface area contributed by atoms with Gasteiger partial charge < -0.3 is 10.6 Å². The summed E-state index contributed by atoms with van der Waals surface area (Å²) >= 11 is 0. The Hall–Kier alpha value is -0.860. The second kappa shape index (κ2) is 6.91. The van der Waals surface area contributed by atoms with Gasteiger partial charge in [-0.05, 0) is 70.8 Å². The average Bonchev–Trinajstić information content (AvgIpc) is 2.24. The lowest BCUT2D eigenvalue weighted by atomic mass is 9.97. The fourth-order valence-electron chi connectivity index (χ4n) is 2.44. The summed E-state index contributed by atoms with van der Waals surface area (Å²) < 4.78 is 0. The number of nitrogens with two attached hydrogens (primary N) is 1. The van der Waals surface area contributed by atoms with Crippen LogP contribution in [0.5, 0.6) is 0 Å². The highest BCUT2D eigenvalue weighted by Gasteiger charge is 2.06. The van der Waals surface area contributed by atoms with Gasteiger partial charge in [0.25, 0.3) is 0 Å². The van der Waals surface area contributed by atoms with Crippen LogP contribution in [0.4, 0.5) is 0 Å². The predicted molar refractivity (Wildman–Crippen MR) is 80.1 cm³/mol. The second-order valence-electron chi connectivity index (χ2n) is 5.70. The van der Waals surface area contributed by atoms with Crippen molar-refractivity contribution in [3.63, 3.8) is 0 Å². The highest BCUT2D eigenvalue weighted by atomic mass is 15.1. The molecule has 0 bridgehead atoms. The lowest BCUT2D eigenvalue weighted by Crippen LogP contribution is -2.27. The lowest BCUT2D eigenvalue weighted by Gasteiger charge is -2.19. The van der Waals surface area contributed by atoms with Gasteiger partial charge in [0.05, 0.1) is 0 Å². The van der Waals surface area contributed by atoms with Crippen LogP contribution in [0.25, 0.3) is 0 Å². The summed E-state index contributed by atoms with van der Waals surface area (Å²) in [5, 5.41) is 0. The highest BCUT2D eigenvalue weighted by Crippen LogP contribution is 2.17. The fourth-order valence-corrected chi connectivity index (χ4v) is 2.44. The first-order chi connectivity index (χ1) is 8.40. The molecular weight excluding hydrogens is 220 g/mol. The van der Waals surface area contributed by atoms with Crippen molar-refractivity contribution in [1.29, 1.82) is 0 Å². The summed E-state index contributed by atoms with van der Waals surface area (Å²) in [7, 11) is 2.18. The molecule has 1 aromatic carbocycles. The van der Waals surface area contributed by atoms with Gasteiger partial charge in [0.1, 0.15) is 0 Å². The zero-order chi connectivity index (χ0) is 13.7. The molecule has 0 saturated heterocycles. The van der Waals surface area contributed by atoms with Crippen LogP contribution in [0.2, 0.25) is 0 Å². The van der Waals surface area contributed by atoms with Crippen LogP contribution in [0.15, 0.2) is 12.1 Å². The lowest BCUT2D eigenvalue weighted by molar-refractivity contribution is 0.324. The van der Waals surface area contributed by atoms with E-state index in [-0.39, 0.29) is 0 Å². The van der Waals surface area contributed by atoms with Crippen molar-refractivity contribution in [3.05, 3.63) is 34.4 Å². The molecule has 2 nitrogen and oxygen atoms in total. The number of hydrogen-bond donors (Lipinski definition) is 1. The van der Waals surface area contributed by atoms with Crippen LogP contribution in [0.1, 0.15) is 35.6 Å². The Morgan fingerprint density at radius 3 is 2.17 bits per heavy atom. The summed E-state index contributed by atoms with van der Waals surface area (Å²) in [6, 6.07) is 4.87. The first-order valence-corrected chi connectivity index (χ1v) is 6.91. The first kappa shape index (κ1) is 15.2. The summed E-state index contributed by atoms with van der Waals surface area (Å²) in [6.07, 6.45) is 2.20. The molecule has 1 atom stereocenters. The van der Waals surface area contributed by atoms with E-state index in [4.69, 9.17) is 5.73 Å². The number of benzene rings is 1. The quantitative estimate of drug-likeness (QED) is 0.839. The molecule has 0 spiro atoms.